The predicted molar refractivity (Wildman–Crippen MR) is 101 cm³/mol. The number of carbonyl (C=O) groups is 1. The van der Waals surface area contributed by atoms with E-state index in [-0.39, 0.29) is 11.5 Å². The maximum absolute atomic E-state index is 12.8. The maximum atomic E-state index is 12.8. The number of rotatable bonds is 4. The highest BCUT2D eigenvalue weighted by atomic mass is 16.6. The van der Waals surface area contributed by atoms with Crippen molar-refractivity contribution in [2.24, 2.45) is 0 Å². The molecule has 0 amide bonds. The van der Waals surface area contributed by atoms with Crippen LogP contribution in [0.25, 0.3) is 12.2 Å². The highest BCUT2D eigenvalue weighted by molar-refractivity contribution is 6.14. The van der Waals surface area contributed by atoms with E-state index in [1.54, 1.807) is 31.4 Å². The SMILES string of the molecule is COc1ccc(/C=C2\CCC/C(=C\c3ccccc3[N+](=O)[O-])C2=O)cc1. The average Bonchev–Trinajstić information content (AvgIpc) is 2.66. The number of carbonyl (C=O) groups excluding carboxylic acids is 1. The predicted octanol–water partition coefficient (Wildman–Crippen LogP) is 4.82. The summed E-state index contributed by atoms with van der Waals surface area (Å²) in [4.78, 5) is 23.6. The Morgan fingerprint density at radius 3 is 2.31 bits per heavy atom. The van der Waals surface area contributed by atoms with Crippen LogP contribution in [0.15, 0.2) is 59.7 Å². The fraction of sp³-hybridized carbons (Fsp3) is 0.190. The number of hydrogen-bond acceptors (Lipinski definition) is 4. The summed E-state index contributed by atoms with van der Waals surface area (Å²) in [6.45, 7) is 0. The Hall–Kier alpha value is -3.21. The number of ether oxygens (including phenoxy) is 1. The minimum atomic E-state index is -0.423. The van der Waals surface area contributed by atoms with Crippen molar-refractivity contribution in [1.29, 1.82) is 0 Å². The lowest BCUT2D eigenvalue weighted by Crippen LogP contribution is -2.12. The number of methoxy groups -OCH3 is 1. The normalized spacial score (nSPS) is 17.5. The molecule has 0 unspecified atom stereocenters. The first kappa shape index (κ1) is 17.6. The number of nitro benzene ring substituents is 1. The van der Waals surface area contributed by atoms with E-state index < -0.39 is 4.92 Å². The number of para-hydroxylation sites is 1. The van der Waals surface area contributed by atoms with E-state index in [1.165, 1.54) is 6.07 Å². The molecular formula is C21H19NO4. The maximum Gasteiger partial charge on any atom is 0.276 e. The van der Waals surface area contributed by atoms with Gasteiger partial charge in [-0.3, -0.25) is 14.9 Å². The van der Waals surface area contributed by atoms with Crippen molar-refractivity contribution in [3.8, 4) is 5.75 Å². The quantitative estimate of drug-likeness (QED) is 0.451. The molecule has 5 nitrogen and oxygen atoms in total. The van der Waals surface area contributed by atoms with E-state index >= 15 is 0 Å². The molecule has 1 aliphatic rings. The molecule has 3 rings (SSSR count). The molecule has 0 bridgehead atoms. The summed E-state index contributed by atoms with van der Waals surface area (Å²) in [7, 11) is 1.61. The van der Waals surface area contributed by atoms with Crippen LogP contribution in [0.4, 0.5) is 5.69 Å². The lowest BCUT2D eigenvalue weighted by Gasteiger charge is -2.16. The van der Waals surface area contributed by atoms with Gasteiger partial charge in [0.2, 0.25) is 0 Å². The molecule has 2 aromatic carbocycles. The molecule has 132 valence electrons. The average molecular weight is 349 g/mol. The Morgan fingerprint density at radius 2 is 1.65 bits per heavy atom. The van der Waals surface area contributed by atoms with Crippen molar-refractivity contribution in [2.75, 3.05) is 7.11 Å². The third-order valence-electron chi connectivity index (χ3n) is 4.40. The molecule has 1 aliphatic carbocycles. The fourth-order valence-electron chi connectivity index (χ4n) is 3.04. The lowest BCUT2D eigenvalue weighted by atomic mass is 9.86. The van der Waals surface area contributed by atoms with Crippen LogP contribution in [0.2, 0.25) is 0 Å². The topological polar surface area (TPSA) is 69.4 Å². The van der Waals surface area contributed by atoms with Gasteiger partial charge >= 0.3 is 0 Å². The van der Waals surface area contributed by atoms with E-state index in [2.05, 4.69) is 0 Å². The molecule has 0 heterocycles. The molecule has 0 aliphatic heterocycles. The van der Waals surface area contributed by atoms with Gasteiger partial charge in [0.05, 0.1) is 17.6 Å². The zero-order chi connectivity index (χ0) is 18.5. The first-order valence-electron chi connectivity index (χ1n) is 8.42. The van der Waals surface area contributed by atoms with Gasteiger partial charge in [0.1, 0.15) is 5.75 Å². The van der Waals surface area contributed by atoms with Gasteiger partial charge in [-0.1, -0.05) is 24.3 Å². The highest BCUT2D eigenvalue weighted by Crippen LogP contribution is 2.30. The lowest BCUT2D eigenvalue weighted by molar-refractivity contribution is -0.385. The molecule has 0 N–H and O–H groups in total. The van der Waals surface area contributed by atoms with Crippen LogP contribution in [0.1, 0.15) is 30.4 Å². The Labute approximate surface area is 151 Å². The van der Waals surface area contributed by atoms with Gasteiger partial charge in [-0.05, 0) is 55.2 Å². The Balaban J connectivity index is 1.90. The standard InChI is InChI=1S/C21H19NO4/c1-26-19-11-9-15(10-12-19)13-17-6-4-7-18(21(17)23)14-16-5-2-3-8-20(16)22(24)25/h2-3,5,8-14H,4,6-7H2,1H3/b17-13+,18-14+. The van der Waals surface area contributed by atoms with E-state index in [0.717, 1.165) is 23.3 Å². The Bertz CT molecular complexity index is 894. The smallest absolute Gasteiger partial charge is 0.276 e. The molecule has 0 aromatic heterocycles. The van der Waals surface area contributed by atoms with Gasteiger partial charge in [0, 0.05) is 17.2 Å². The van der Waals surface area contributed by atoms with Crippen molar-refractivity contribution in [3.63, 3.8) is 0 Å². The minimum Gasteiger partial charge on any atom is -0.497 e. The Kier molecular flexibility index (Phi) is 5.27. The van der Waals surface area contributed by atoms with Crippen molar-refractivity contribution < 1.29 is 14.5 Å². The summed E-state index contributed by atoms with van der Waals surface area (Å²) in [5.74, 6) is 0.726. The van der Waals surface area contributed by atoms with Gasteiger partial charge in [0.15, 0.2) is 5.78 Å². The number of Topliss-reactive ketones (excluding diaryl/α,β-unsaturated/α-hetero) is 1. The third kappa shape index (κ3) is 3.88. The number of hydrogen-bond donors (Lipinski definition) is 0. The Morgan fingerprint density at radius 1 is 1.00 bits per heavy atom. The molecule has 0 radical (unpaired) electrons. The van der Waals surface area contributed by atoms with Crippen LogP contribution in [0, 0.1) is 10.1 Å². The van der Waals surface area contributed by atoms with Crippen molar-refractivity contribution in [2.45, 2.75) is 19.3 Å². The van der Waals surface area contributed by atoms with Crippen molar-refractivity contribution in [1.82, 2.24) is 0 Å². The first-order valence-corrected chi connectivity index (χ1v) is 8.42. The molecule has 1 saturated carbocycles. The van der Waals surface area contributed by atoms with Crippen LogP contribution in [-0.4, -0.2) is 17.8 Å². The van der Waals surface area contributed by atoms with Gasteiger partial charge in [-0.25, -0.2) is 0 Å². The molecule has 0 saturated heterocycles. The van der Waals surface area contributed by atoms with Crippen molar-refractivity contribution >= 4 is 23.6 Å². The molecule has 0 spiro atoms. The molecule has 26 heavy (non-hydrogen) atoms. The molecule has 5 heteroatoms. The molecule has 0 atom stereocenters. The number of nitro groups is 1. The number of ketones is 1. The molecule has 1 fully saturated rings. The van der Waals surface area contributed by atoms with Gasteiger partial charge < -0.3 is 4.74 Å². The van der Waals surface area contributed by atoms with E-state index in [9.17, 15) is 14.9 Å². The zero-order valence-corrected chi connectivity index (χ0v) is 14.5. The summed E-state index contributed by atoms with van der Waals surface area (Å²) in [5.41, 5.74) is 2.75. The zero-order valence-electron chi connectivity index (χ0n) is 14.5. The first-order chi connectivity index (χ1) is 12.6. The van der Waals surface area contributed by atoms with Crippen LogP contribution < -0.4 is 4.74 Å². The highest BCUT2D eigenvalue weighted by Gasteiger charge is 2.22. The van der Waals surface area contributed by atoms with Gasteiger partial charge in [-0.2, -0.15) is 0 Å². The molecular weight excluding hydrogens is 330 g/mol. The third-order valence-corrected chi connectivity index (χ3v) is 4.40. The molecule has 2 aromatic rings. The summed E-state index contributed by atoms with van der Waals surface area (Å²) >= 11 is 0. The fourth-order valence-corrected chi connectivity index (χ4v) is 3.04. The number of nitrogens with zero attached hydrogens (tertiary/aromatic N) is 1. The number of allylic oxidation sites excluding steroid dienone is 2. The summed E-state index contributed by atoms with van der Waals surface area (Å²) < 4.78 is 5.14. The van der Waals surface area contributed by atoms with Crippen LogP contribution in [0.5, 0.6) is 5.75 Å². The van der Waals surface area contributed by atoms with Crippen LogP contribution >= 0.6 is 0 Å². The van der Waals surface area contributed by atoms with E-state index in [0.29, 0.717) is 24.0 Å². The second-order valence-corrected chi connectivity index (χ2v) is 6.11. The second kappa shape index (κ2) is 7.78. The monoisotopic (exact) mass is 349 g/mol. The summed E-state index contributed by atoms with van der Waals surface area (Å²) in [5, 5.41) is 11.2. The minimum absolute atomic E-state index is 0.0130. The second-order valence-electron chi connectivity index (χ2n) is 6.11. The summed E-state index contributed by atoms with van der Waals surface area (Å²) in [6, 6.07) is 14.0. The summed E-state index contributed by atoms with van der Waals surface area (Å²) in [6.07, 6.45) is 5.72. The number of benzene rings is 2. The van der Waals surface area contributed by atoms with Gasteiger partial charge in [0.25, 0.3) is 5.69 Å². The van der Waals surface area contributed by atoms with Gasteiger partial charge in [-0.15, -0.1) is 0 Å². The van der Waals surface area contributed by atoms with Crippen molar-refractivity contribution in [3.05, 3.63) is 80.9 Å². The van der Waals surface area contributed by atoms with Crippen LogP contribution in [-0.2, 0) is 4.79 Å². The largest absolute Gasteiger partial charge is 0.497 e. The van der Waals surface area contributed by atoms with Crippen LogP contribution in [0.3, 0.4) is 0 Å². The van der Waals surface area contributed by atoms with E-state index in [1.807, 2.05) is 30.3 Å². The van der Waals surface area contributed by atoms with E-state index in [4.69, 9.17) is 4.74 Å².